The summed E-state index contributed by atoms with van der Waals surface area (Å²) in [5, 5.41) is 0.319. The van der Waals surface area contributed by atoms with Gasteiger partial charge in [-0.1, -0.05) is 29.3 Å². The highest BCUT2D eigenvalue weighted by molar-refractivity contribution is 7.89. The van der Waals surface area contributed by atoms with E-state index in [1.807, 2.05) is 6.92 Å². The van der Waals surface area contributed by atoms with Gasteiger partial charge < -0.3 is 5.73 Å². The summed E-state index contributed by atoms with van der Waals surface area (Å²) in [6.45, 7) is 2.80. The van der Waals surface area contributed by atoms with Gasteiger partial charge in [0, 0.05) is 19.1 Å². The van der Waals surface area contributed by atoms with Gasteiger partial charge in [0.15, 0.2) is 0 Å². The summed E-state index contributed by atoms with van der Waals surface area (Å²) in [6, 6.07) is 4.61. The topological polar surface area (TPSA) is 63.4 Å². The quantitative estimate of drug-likeness (QED) is 0.929. The molecule has 0 saturated carbocycles. The van der Waals surface area contributed by atoms with Crippen LogP contribution in [0, 0.1) is 5.92 Å². The lowest BCUT2D eigenvalue weighted by atomic mass is 10.0. The fourth-order valence-electron chi connectivity index (χ4n) is 2.22. The fraction of sp³-hybridized carbons (Fsp3) is 0.500. The molecule has 2 rings (SSSR count). The third-order valence-corrected chi connectivity index (χ3v) is 6.30. The molecule has 0 amide bonds. The molecule has 19 heavy (non-hydrogen) atoms. The van der Waals surface area contributed by atoms with E-state index in [9.17, 15) is 8.42 Å². The zero-order valence-electron chi connectivity index (χ0n) is 10.5. The van der Waals surface area contributed by atoms with Crippen LogP contribution in [0.1, 0.15) is 13.3 Å². The molecule has 106 valence electrons. The van der Waals surface area contributed by atoms with E-state index in [1.54, 1.807) is 12.1 Å². The summed E-state index contributed by atoms with van der Waals surface area (Å²) >= 11 is 11.9. The lowest BCUT2D eigenvalue weighted by Gasteiger charge is -2.19. The number of hydrogen-bond donors (Lipinski definition) is 1. The van der Waals surface area contributed by atoms with Crippen LogP contribution in [-0.2, 0) is 10.0 Å². The second-order valence-electron chi connectivity index (χ2n) is 4.82. The molecule has 0 radical (unpaired) electrons. The van der Waals surface area contributed by atoms with Crippen molar-refractivity contribution < 1.29 is 8.42 Å². The molecule has 2 atom stereocenters. The molecule has 1 aromatic rings. The molecule has 1 fully saturated rings. The molecule has 2 N–H and O–H groups in total. The Morgan fingerprint density at radius 1 is 1.42 bits per heavy atom. The molecular formula is C12H16Cl2N2O2S. The molecule has 0 aliphatic carbocycles. The number of benzene rings is 1. The average molecular weight is 323 g/mol. The van der Waals surface area contributed by atoms with Crippen LogP contribution in [0.3, 0.4) is 0 Å². The Labute approximate surface area is 123 Å². The summed E-state index contributed by atoms with van der Waals surface area (Å²) in [4.78, 5) is 0.0620. The summed E-state index contributed by atoms with van der Waals surface area (Å²) in [7, 11) is -3.60. The first-order valence-electron chi connectivity index (χ1n) is 6.03. The van der Waals surface area contributed by atoms with Gasteiger partial charge in [-0.3, -0.25) is 0 Å². The van der Waals surface area contributed by atoms with Gasteiger partial charge in [0.2, 0.25) is 10.0 Å². The minimum atomic E-state index is -3.60. The second-order valence-corrected chi connectivity index (χ2v) is 7.51. The predicted octanol–water partition coefficient (Wildman–Crippen LogP) is 2.35. The Bertz CT molecular complexity index is 575. The maximum Gasteiger partial charge on any atom is 0.244 e. The molecule has 1 heterocycles. The van der Waals surface area contributed by atoms with Crippen molar-refractivity contribution in [2.45, 2.75) is 24.3 Å². The van der Waals surface area contributed by atoms with E-state index in [2.05, 4.69) is 0 Å². The second kappa shape index (κ2) is 5.58. The van der Waals surface area contributed by atoms with Crippen molar-refractivity contribution in [1.82, 2.24) is 4.31 Å². The van der Waals surface area contributed by atoms with Crippen molar-refractivity contribution >= 4 is 33.2 Å². The highest BCUT2D eigenvalue weighted by Crippen LogP contribution is 2.33. The Balaban J connectivity index is 2.31. The Morgan fingerprint density at radius 3 is 2.68 bits per heavy atom. The van der Waals surface area contributed by atoms with E-state index < -0.39 is 10.0 Å². The molecule has 0 aromatic heterocycles. The number of nitrogens with two attached hydrogens (primary N) is 1. The monoisotopic (exact) mass is 322 g/mol. The Morgan fingerprint density at radius 2 is 2.11 bits per heavy atom. The molecular weight excluding hydrogens is 307 g/mol. The van der Waals surface area contributed by atoms with Gasteiger partial charge in [0.1, 0.15) is 4.90 Å². The van der Waals surface area contributed by atoms with Crippen molar-refractivity contribution in [3.8, 4) is 0 Å². The standard InChI is InChI=1S/C12H16Cl2N2O2S/c1-8(15)9-5-6-16(7-9)19(17,18)11-4-2-3-10(13)12(11)14/h2-4,8-9H,5-7,15H2,1H3. The van der Waals surface area contributed by atoms with Crippen LogP contribution in [0.2, 0.25) is 10.0 Å². The van der Waals surface area contributed by atoms with Crippen LogP contribution in [0.25, 0.3) is 0 Å². The molecule has 4 nitrogen and oxygen atoms in total. The van der Waals surface area contributed by atoms with Crippen LogP contribution in [0.5, 0.6) is 0 Å². The van der Waals surface area contributed by atoms with Gasteiger partial charge in [-0.2, -0.15) is 4.31 Å². The summed E-state index contributed by atoms with van der Waals surface area (Å²) in [5.41, 5.74) is 5.83. The first kappa shape index (κ1) is 15.1. The van der Waals surface area contributed by atoms with Crippen LogP contribution < -0.4 is 5.73 Å². The molecule has 1 aliphatic rings. The van der Waals surface area contributed by atoms with Crippen molar-refractivity contribution in [3.63, 3.8) is 0 Å². The maximum absolute atomic E-state index is 12.5. The van der Waals surface area contributed by atoms with Gasteiger partial charge in [-0.25, -0.2) is 8.42 Å². The SMILES string of the molecule is CC(N)C1CCN(S(=O)(=O)c2cccc(Cl)c2Cl)C1. The van der Waals surface area contributed by atoms with E-state index in [1.165, 1.54) is 10.4 Å². The van der Waals surface area contributed by atoms with Crippen molar-refractivity contribution in [1.29, 1.82) is 0 Å². The highest BCUT2D eigenvalue weighted by atomic mass is 35.5. The molecule has 2 unspecified atom stereocenters. The molecule has 7 heteroatoms. The zero-order chi connectivity index (χ0) is 14.2. The number of halogens is 2. The van der Waals surface area contributed by atoms with Crippen LogP contribution >= 0.6 is 23.2 Å². The molecule has 0 bridgehead atoms. The number of sulfonamides is 1. The zero-order valence-corrected chi connectivity index (χ0v) is 12.8. The van der Waals surface area contributed by atoms with E-state index in [0.29, 0.717) is 13.1 Å². The lowest BCUT2D eigenvalue weighted by molar-refractivity contribution is 0.429. The van der Waals surface area contributed by atoms with E-state index in [-0.39, 0.29) is 26.9 Å². The average Bonchev–Trinajstić information content (AvgIpc) is 2.82. The first-order chi connectivity index (χ1) is 8.84. The minimum Gasteiger partial charge on any atom is -0.328 e. The van der Waals surface area contributed by atoms with Crippen molar-refractivity contribution in [3.05, 3.63) is 28.2 Å². The van der Waals surface area contributed by atoms with E-state index in [0.717, 1.165) is 6.42 Å². The van der Waals surface area contributed by atoms with Gasteiger partial charge >= 0.3 is 0 Å². The van der Waals surface area contributed by atoms with Gasteiger partial charge in [0.25, 0.3) is 0 Å². The third kappa shape index (κ3) is 2.90. The van der Waals surface area contributed by atoms with Crippen LogP contribution in [-0.4, -0.2) is 31.9 Å². The Hall–Kier alpha value is -0.330. The van der Waals surface area contributed by atoms with Crippen LogP contribution in [0.15, 0.2) is 23.1 Å². The molecule has 1 saturated heterocycles. The predicted molar refractivity (Wildman–Crippen MR) is 77.0 cm³/mol. The van der Waals surface area contributed by atoms with Gasteiger partial charge in [-0.05, 0) is 31.4 Å². The smallest absolute Gasteiger partial charge is 0.244 e. The number of nitrogens with zero attached hydrogens (tertiary/aromatic N) is 1. The summed E-state index contributed by atoms with van der Waals surface area (Å²) in [6.07, 6.45) is 0.773. The maximum atomic E-state index is 12.5. The van der Waals surface area contributed by atoms with Gasteiger partial charge in [0.05, 0.1) is 10.0 Å². The third-order valence-electron chi connectivity index (χ3n) is 3.46. The lowest BCUT2D eigenvalue weighted by Crippen LogP contribution is -2.33. The highest BCUT2D eigenvalue weighted by Gasteiger charge is 2.35. The number of hydrogen-bond acceptors (Lipinski definition) is 3. The number of rotatable bonds is 3. The van der Waals surface area contributed by atoms with E-state index in [4.69, 9.17) is 28.9 Å². The van der Waals surface area contributed by atoms with E-state index >= 15 is 0 Å². The van der Waals surface area contributed by atoms with Crippen molar-refractivity contribution in [2.24, 2.45) is 11.7 Å². The fourth-order valence-corrected chi connectivity index (χ4v) is 4.47. The molecule has 1 aliphatic heterocycles. The molecule has 0 spiro atoms. The first-order valence-corrected chi connectivity index (χ1v) is 8.23. The largest absolute Gasteiger partial charge is 0.328 e. The van der Waals surface area contributed by atoms with Gasteiger partial charge in [-0.15, -0.1) is 0 Å². The molecule has 1 aromatic carbocycles. The minimum absolute atomic E-state index is 0.0185. The summed E-state index contributed by atoms with van der Waals surface area (Å²) in [5.74, 6) is 0.188. The summed E-state index contributed by atoms with van der Waals surface area (Å²) < 4.78 is 26.5. The Kier molecular flexibility index (Phi) is 4.42. The normalized spacial score (nSPS) is 22.6. The van der Waals surface area contributed by atoms with Crippen LogP contribution in [0.4, 0.5) is 0 Å². The van der Waals surface area contributed by atoms with Crippen molar-refractivity contribution in [2.75, 3.05) is 13.1 Å².